The Morgan fingerprint density at radius 2 is 1.90 bits per heavy atom. The maximum absolute atomic E-state index is 10.1. The van der Waals surface area contributed by atoms with Crippen molar-refractivity contribution < 1.29 is 9.76 Å². The van der Waals surface area contributed by atoms with Crippen LogP contribution in [-0.2, 0) is 10.1 Å². The smallest absolute Gasteiger partial charge is 0.331 e. The molecule has 0 saturated heterocycles. The zero-order valence-corrected chi connectivity index (χ0v) is 13.5. The molecule has 0 aliphatic heterocycles. The summed E-state index contributed by atoms with van der Waals surface area (Å²) < 4.78 is 5.79. The topological polar surface area (TPSA) is 53.2 Å². The van der Waals surface area contributed by atoms with E-state index in [1.54, 1.807) is 21.3 Å². The average molecular weight is 284 g/mol. The van der Waals surface area contributed by atoms with E-state index in [1.807, 2.05) is 32.9 Å². The van der Waals surface area contributed by atoms with E-state index < -0.39 is 11.2 Å². The Kier molecular flexibility index (Phi) is 3.95. The minimum Gasteiger partial charge on any atom is -0.427 e. The monoisotopic (exact) mass is 284 g/mol. The highest BCUT2D eigenvalue weighted by Crippen LogP contribution is 2.47. The van der Waals surface area contributed by atoms with Gasteiger partial charge in [-0.1, -0.05) is 29.2 Å². The summed E-state index contributed by atoms with van der Waals surface area (Å²) >= 11 is 0. The quantitative estimate of drug-likeness (QED) is 0.844. The summed E-state index contributed by atoms with van der Waals surface area (Å²) in [7, 11) is 1.70. The zero-order valence-electron chi connectivity index (χ0n) is 13.5. The molecule has 4 heteroatoms. The fraction of sp³-hybridized carbons (Fsp3) is 0.588. The number of aryl methyl sites for hydroxylation is 1. The van der Waals surface area contributed by atoms with Gasteiger partial charge in [0.25, 0.3) is 0 Å². The summed E-state index contributed by atoms with van der Waals surface area (Å²) in [4.78, 5) is 0. The first-order chi connectivity index (χ1) is 9.61. The molecule has 0 atom stereocenters. The molecule has 0 amide bonds. The molecule has 1 N–H and O–H groups in total. The van der Waals surface area contributed by atoms with Crippen LogP contribution in [0.15, 0.2) is 18.2 Å². The average Bonchev–Trinajstić information content (AvgIpc) is 3.17. The Labute approximate surface area is 128 Å². The molecule has 1 radical (unpaired) electrons. The third-order valence-electron chi connectivity index (χ3n) is 4.74. The van der Waals surface area contributed by atoms with Crippen LogP contribution in [0.5, 0.6) is 0 Å². The highest BCUT2D eigenvalue weighted by Gasteiger charge is 2.45. The van der Waals surface area contributed by atoms with Crippen molar-refractivity contribution in [2.45, 2.75) is 64.1 Å². The van der Waals surface area contributed by atoms with Gasteiger partial charge in [0, 0.05) is 0 Å². The number of benzene rings is 1. The molecule has 1 aliphatic rings. The second kappa shape index (κ2) is 5.16. The number of nitrogens with zero attached hydrogens (tertiary/aromatic N) is 1. The Balaban J connectivity index is 2.11. The first kappa shape index (κ1) is 16.1. The molecule has 1 fully saturated rings. The van der Waals surface area contributed by atoms with Gasteiger partial charge in [-0.05, 0) is 53.0 Å². The van der Waals surface area contributed by atoms with Gasteiger partial charge in [0.15, 0.2) is 0 Å². The van der Waals surface area contributed by atoms with Crippen LogP contribution in [0, 0.1) is 18.3 Å². The van der Waals surface area contributed by atoms with E-state index in [0.29, 0.717) is 0 Å². The highest BCUT2D eigenvalue weighted by molar-refractivity contribution is 6.47. The number of rotatable bonds is 5. The van der Waals surface area contributed by atoms with E-state index in [9.17, 15) is 10.4 Å². The third-order valence-corrected chi connectivity index (χ3v) is 4.74. The van der Waals surface area contributed by atoms with Crippen molar-refractivity contribution in [2.24, 2.45) is 0 Å². The summed E-state index contributed by atoms with van der Waals surface area (Å²) in [5, 5.41) is 19.4. The Hall–Kier alpha value is -1.31. The lowest BCUT2D eigenvalue weighted by Crippen LogP contribution is -2.49. The fourth-order valence-electron chi connectivity index (χ4n) is 2.05. The van der Waals surface area contributed by atoms with Gasteiger partial charge in [-0.25, -0.2) is 0 Å². The lowest BCUT2D eigenvalue weighted by Gasteiger charge is -2.37. The molecule has 0 bridgehead atoms. The molecule has 0 unspecified atom stereocenters. The standard InChI is InChI=1S/C17H23BNO2/c1-12-10-13(17(11-19)8-9-17)6-7-14(12)18-21-16(4,5)15(2,3)20/h6-7,10,20H,8-9H2,1-5H3. The van der Waals surface area contributed by atoms with Crippen molar-refractivity contribution >= 4 is 12.9 Å². The summed E-state index contributed by atoms with van der Waals surface area (Å²) in [5.74, 6) is 0. The largest absolute Gasteiger partial charge is 0.427 e. The van der Waals surface area contributed by atoms with Gasteiger partial charge in [-0.2, -0.15) is 5.26 Å². The number of nitriles is 1. The van der Waals surface area contributed by atoms with E-state index in [2.05, 4.69) is 12.1 Å². The van der Waals surface area contributed by atoms with Gasteiger partial charge in [-0.15, -0.1) is 0 Å². The van der Waals surface area contributed by atoms with Crippen molar-refractivity contribution in [1.29, 1.82) is 5.26 Å². The van der Waals surface area contributed by atoms with Crippen molar-refractivity contribution in [3.8, 4) is 6.07 Å². The number of hydrogen-bond donors (Lipinski definition) is 1. The van der Waals surface area contributed by atoms with Crippen LogP contribution in [-0.4, -0.2) is 23.8 Å². The first-order valence-corrected chi connectivity index (χ1v) is 7.37. The SMILES string of the molecule is Cc1cc(C2(C#N)CC2)ccc1[B]OC(C)(C)C(C)(C)O. The summed E-state index contributed by atoms with van der Waals surface area (Å²) in [6.07, 6.45) is 1.91. The van der Waals surface area contributed by atoms with Crippen molar-refractivity contribution in [3.05, 3.63) is 29.3 Å². The summed E-state index contributed by atoms with van der Waals surface area (Å²) in [6.45, 7) is 9.22. The summed E-state index contributed by atoms with van der Waals surface area (Å²) in [6, 6.07) is 8.49. The summed E-state index contributed by atoms with van der Waals surface area (Å²) in [5.41, 5.74) is 1.29. The van der Waals surface area contributed by atoms with Crippen LogP contribution in [0.25, 0.3) is 0 Å². The minimum atomic E-state index is -0.934. The molecule has 0 spiro atoms. The van der Waals surface area contributed by atoms with E-state index in [-0.39, 0.29) is 5.41 Å². The van der Waals surface area contributed by atoms with Gasteiger partial charge in [0.2, 0.25) is 0 Å². The Morgan fingerprint density at radius 3 is 2.33 bits per heavy atom. The second-order valence-corrected chi connectivity index (χ2v) is 7.07. The van der Waals surface area contributed by atoms with E-state index in [4.69, 9.17) is 4.65 Å². The predicted octanol–water partition coefficient (Wildman–Crippen LogP) is 2.36. The first-order valence-electron chi connectivity index (χ1n) is 7.37. The Bertz CT molecular complexity index is 577. The maximum Gasteiger partial charge on any atom is 0.331 e. The molecule has 3 nitrogen and oxygen atoms in total. The van der Waals surface area contributed by atoms with Crippen molar-refractivity contribution in [2.75, 3.05) is 0 Å². The van der Waals surface area contributed by atoms with Gasteiger partial charge in [0.1, 0.15) is 0 Å². The second-order valence-electron chi connectivity index (χ2n) is 7.07. The minimum absolute atomic E-state index is 0.253. The van der Waals surface area contributed by atoms with Crippen LogP contribution >= 0.6 is 0 Å². The molecule has 0 aromatic heterocycles. The Morgan fingerprint density at radius 1 is 1.29 bits per heavy atom. The van der Waals surface area contributed by atoms with Crippen LogP contribution in [0.1, 0.15) is 51.7 Å². The van der Waals surface area contributed by atoms with Gasteiger partial charge in [-0.3, -0.25) is 0 Å². The molecule has 1 aliphatic carbocycles. The molecule has 2 rings (SSSR count). The molecule has 1 aromatic carbocycles. The lowest BCUT2D eigenvalue weighted by atomic mass is 9.79. The zero-order chi connectivity index (χ0) is 15.9. The van der Waals surface area contributed by atoms with Crippen LogP contribution in [0.3, 0.4) is 0 Å². The van der Waals surface area contributed by atoms with Crippen molar-refractivity contribution in [1.82, 2.24) is 0 Å². The molecule has 111 valence electrons. The normalized spacial score (nSPS) is 17.2. The number of aliphatic hydroxyl groups is 1. The molecular formula is C17H23BNO2. The lowest BCUT2D eigenvalue weighted by molar-refractivity contribution is -0.0893. The number of hydrogen-bond acceptors (Lipinski definition) is 3. The van der Waals surface area contributed by atoms with E-state index >= 15 is 0 Å². The fourth-order valence-corrected chi connectivity index (χ4v) is 2.05. The van der Waals surface area contributed by atoms with Crippen LogP contribution in [0.2, 0.25) is 0 Å². The third kappa shape index (κ3) is 3.15. The molecule has 1 aromatic rings. The molecule has 0 heterocycles. The molecular weight excluding hydrogens is 261 g/mol. The van der Waals surface area contributed by atoms with Crippen molar-refractivity contribution in [3.63, 3.8) is 0 Å². The van der Waals surface area contributed by atoms with Gasteiger partial charge >= 0.3 is 7.48 Å². The highest BCUT2D eigenvalue weighted by atomic mass is 16.5. The predicted molar refractivity (Wildman–Crippen MR) is 84.6 cm³/mol. The molecule has 21 heavy (non-hydrogen) atoms. The van der Waals surface area contributed by atoms with Crippen LogP contribution in [0.4, 0.5) is 0 Å². The maximum atomic E-state index is 10.1. The van der Waals surface area contributed by atoms with Gasteiger partial charge in [0.05, 0.1) is 22.7 Å². The molecule has 1 saturated carbocycles. The van der Waals surface area contributed by atoms with Gasteiger partial charge < -0.3 is 9.76 Å². The van der Waals surface area contributed by atoms with E-state index in [1.165, 1.54) is 0 Å². The van der Waals surface area contributed by atoms with E-state index in [0.717, 1.165) is 29.4 Å². The van der Waals surface area contributed by atoms with Crippen LogP contribution < -0.4 is 5.46 Å².